The van der Waals surface area contributed by atoms with Crippen LogP contribution in [0.4, 0.5) is 0 Å². The first-order valence-corrected chi connectivity index (χ1v) is 16.9. The molecule has 0 unspecified atom stereocenters. The lowest BCUT2D eigenvalue weighted by atomic mass is 10.0. The van der Waals surface area contributed by atoms with Crippen LogP contribution in [0.1, 0.15) is 21.9 Å². The van der Waals surface area contributed by atoms with E-state index in [1.807, 2.05) is 78.9 Å². The van der Waals surface area contributed by atoms with Gasteiger partial charge in [-0.3, -0.25) is 0 Å². The van der Waals surface area contributed by atoms with E-state index in [4.69, 9.17) is 15.1 Å². The van der Waals surface area contributed by atoms with Crippen molar-refractivity contribution < 1.29 is 21.9 Å². The number of rotatable bonds is 4. The minimum absolute atomic E-state index is 0.0750. The number of thiophene rings is 1. The highest BCUT2D eigenvalue weighted by atomic mass is 32.1. The van der Waals surface area contributed by atoms with E-state index < -0.39 is 77.6 Å². The van der Waals surface area contributed by atoms with Crippen molar-refractivity contribution in [2.24, 2.45) is 0 Å². The van der Waals surface area contributed by atoms with Gasteiger partial charge in [-0.15, -0.1) is 11.3 Å². The molecule has 238 valence electrons. The summed E-state index contributed by atoms with van der Waals surface area (Å²) in [6, 6.07) is 19.1. The molecule has 0 aliphatic rings. The SMILES string of the molecule is [2H]c1c([2H])c([2H])c(-c2c([2H])c([2H])c(-n3c4ccccc4c4cc(-c5ccc6c(c5)c5ccccc5n6-c5c([2H])c([2H])c6c(sc7c([2H])c([2H])c([2H])c([2H])c76)c5[2H])ccc43)c([2H])c2[2H])c([2H])c1[2H]. The summed E-state index contributed by atoms with van der Waals surface area (Å²) in [5.74, 6) is 0. The van der Waals surface area contributed by atoms with Gasteiger partial charge in [0.25, 0.3) is 0 Å². The first-order valence-electron chi connectivity index (χ1n) is 24.1. The molecule has 0 bridgehead atoms. The molecular formula is C48H30N2S. The Morgan fingerprint density at radius 3 is 1.59 bits per heavy atom. The molecule has 11 aromatic rings. The molecule has 0 fully saturated rings. The van der Waals surface area contributed by atoms with Crippen LogP contribution in [-0.2, 0) is 0 Å². The Morgan fingerprint density at radius 2 is 0.902 bits per heavy atom. The lowest BCUT2D eigenvalue weighted by Crippen LogP contribution is -1.94. The summed E-state index contributed by atoms with van der Waals surface area (Å²) in [6.45, 7) is 0. The van der Waals surface area contributed by atoms with E-state index in [2.05, 4.69) is 0 Å². The molecule has 0 amide bonds. The van der Waals surface area contributed by atoms with Crippen LogP contribution in [0.15, 0.2) is 182 Å². The fraction of sp³-hybridized carbons (Fsp3) is 0. The molecular weight excluding hydrogens is 637 g/mol. The third-order valence-corrected chi connectivity index (χ3v) is 10.4. The van der Waals surface area contributed by atoms with Crippen molar-refractivity contribution >= 4 is 75.1 Å². The third kappa shape index (κ3) is 4.35. The monoisotopic (exact) mass is 682 g/mol. The number of para-hydroxylation sites is 2. The van der Waals surface area contributed by atoms with E-state index in [-0.39, 0.29) is 61.8 Å². The number of nitrogens with zero attached hydrogens (tertiary/aromatic N) is 2. The van der Waals surface area contributed by atoms with Crippen LogP contribution >= 0.6 is 11.3 Å². The van der Waals surface area contributed by atoms with Crippen molar-refractivity contribution in [1.29, 1.82) is 0 Å². The number of hydrogen-bond acceptors (Lipinski definition) is 1. The minimum atomic E-state index is -0.653. The summed E-state index contributed by atoms with van der Waals surface area (Å²) in [6.07, 6.45) is 0. The van der Waals surface area contributed by atoms with Gasteiger partial charge < -0.3 is 9.13 Å². The average Bonchev–Trinajstić information content (AvgIpc) is 4.00. The second kappa shape index (κ2) is 11.0. The Labute approximate surface area is 321 Å². The second-order valence-electron chi connectivity index (χ2n) is 12.1. The van der Waals surface area contributed by atoms with E-state index >= 15 is 0 Å². The number of hydrogen-bond donors (Lipinski definition) is 0. The van der Waals surface area contributed by atoms with Gasteiger partial charge in [-0.05, 0) is 88.9 Å². The molecule has 0 radical (unpaired) electrons. The average molecular weight is 683 g/mol. The highest BCUT2D eigenvalue weighted by Gasteiger charge is 2.17. The molecule has 3 aromatic heterocycles. The fourth-order valence-corrected chi connectivity index (χ4v) is 8.07. The lowest BCUT2D eigenvalue weighted by Gasteiger charge is -2.10. The molecule has 0 aliphatic carbocycles. The molecule has 0 saturated carbocycles. The first kappa shape index (κ1) is 17.0. The maximum absolute atomic E-state index is 9.50. The predicted octanol–water partition coefficient (Wildman–Crippen LogP) is 13.6. The standard InChI is InChI=1S/C48H30N2S/c1-2-10-31(11-3-1)32-18-22-35(23-19-32)49-43-15-7-4-12-37(43)41-28-33(20-26-45(41)49)34-21-27-46-42(29-34)38-13-5-8-16-44(38)50(46)36-24-25-40-39-14-6-9-17-47(39)51-48(40)30-36/h1-30H/i1D,2D,3D,6D,9D,10D,11D,14D,17D,18D,19D,22D,23D,24D,25D,30D. The van der Waals surface area contributed by atoms with E-state index in [1.54, 1.807) is 15.2 Å². The molecule has 0 saturated heterocycles. The van der Waals surface area contributed by atoms with Crippen LogP contribution < -0.4 is 0 Å². The van der Waals surface area contributed by atoms with Gasteiger partial charge in [-0.25, -0.2) is 0 Å². The lowest BCUT2D eigenvalue weighted by molar-refractivity contribution is 1.18. The number of fused-ring (bicyclic) bond motifs is 9. The van der Waals surface area contributed by atoms with E-state index in [1.165, 1.54) is 0 Å². The number of aromatic nitrogens is 2. The fourth-order valence-electron chi connectivity index (χ4n) is 7.10. The summed E-state index contributed by atoms with van der Waals surface area (Å²) in [7, 11) is 0. The Bertz CT molecular complexity index is 4020. The largest absolute Gasteiger partial charge is 0.309 e. The maximum atomic E-state index is 9.50. The highest BCUT2D eigenvalue weighted by Crippen LogP contribution is 2.40. The zero-order chi connectivity index (χ0) is 47.4. The highest BCUT2D eigenvalue weighted by molar-refractivity contribution is 7.25. The van der Waals surface area contributed by atoms with Gasteiger partial charge in [0.1, 0.15) is 0 Å². The van der Waals surface area contributed by atoms with Crippen molar-refractivity contribution in [3.63, 3.8) is 0 Å². The van der Waals surface area contributed by atoms with Crippen LogP contribution in [-0.4, -0.2) is 9.13 Å². The van der Waals surface area contributed by atoms with Crippen molar-refractivity contribution in [1.82, 2.24) is 9.13 Å². The van der Waals surface area contributed by atoms with Crippen LogP contribution in [0.3, 0.4) is 0 Å². The van der Waals surface area contributed by atoms with Crippen LogP contribution in [0, 0.1) is 0 Å². The van der Waals surface area contributed by atoms with Crippen LogP contribution in [0.2, 0.25) is 0 Å². The van der Waals surface area contributed by atoms with E-state index in [9.17, 15) is 6.85 Å². The second-order valence-corrected chi connectivity index (χ2v) is 13.1. The Kier molecular flexibility index (Phi) is 3.68. The van der Waals surface area contributed by atoms with Gasteiger partial charge in [-0.1, -0.05) is 115 Å². The predicted molar refractivity (Wildman–Crippen MR) is 219 cm³/mol. The summed E-state index contributed by atoms with van der Waals surface area (Å²) < 4.78 is 144. The van der Waals surface area contributed by atoms with Gasteiger partial charge in [-0.2, -0.15) is 0 Å². The van der Waals surface area contributed by atoms with Crippen molar-refractivity contribution in [2.75, 3.05) is 0 Å². The van der Waals surface area contributed by atoms with E-state index in [0.717, 1.165) is 44.0 Å². The zero-order valence-electron chi connectivity index (χ0n) is 42.4. The van der Waals surface area contributed by atoms with Gasteiger partial charge in [0.2, 0.25) is 0 Å². The van der Waals surface area contributed by atoms with Crippen LogP contribution in [0.5, 0.6) is 0 Å². The van der Waals surface area contributed by atoms with Gasteiger partial charge in [0.05, 0.1) is 44.0 Å². The molecule has 3 heteroatoms. The molecule has 11 rings (SSSR count). The molecule has 0 atom stereocenters. The van der Waals surface area contributed by atoms with E-state index in [0.29, 0.717) is 22.1 Å². The molecule has 51 heavy (non-hydrogen) atoms. The molecule has 3 heterocycles. The van der Waals surface area contributed by atoms with Crippen molar-refractivity contribution in [2.45, 2.75) is 0 Å². The molecule has 0 N–H and O–H groups in total. The topological polar surface area (TPSA) is 9.86 Å². The Morgan fingerprint density at radius 1 is 0.373 bits per heavy atom. The number of benzene rings is 8. The maximum Gasteiger partial charge on any atom is 0.0660 e. The molecule has 8 aromatic carbocycles. The summed E-state index contributed by atoms with van der Waals surface area (Å²) in [5.41, 5.74) is 3.35. The zero-order valence-corrected chi connectivity index (χ0v) is 27.2. The van der Waals surface area contributed by atoms with Gasteiger partial charge >= 0.3 is 0 Å². The Balaban J connectivity index is 1.10. The third-order valence-electron chi connectivity index (χ3n) is 9.36. The molecule has 2 nitrogen and oxygen atoms in total. The van der Waals surface area contributed by atoms with Crippen LogP contribution in [0.25, 0.3) is 97.4 Å². The van der Waals surface area contributed by atoms with Crippen molar-refractivity contribution in [3.8, 4) is 33.6 Å². The summed E-state index contributed by atoms with van der Waals surface area (Å²) >= 11 is 1.02. The summed E-state index contributed by atoms with van der Waals surface area (Å²) in [5, 5.41) is 3.37. The quantitative estimate of drug-likeness (QED) is 0.175. The summed E-state index contributed by atoms with van der Waals surface area (Å²) in [4.78, 5) is 0. The minimum Gasteiger partial charge on any atom is -0.309 e. The van der Waals surface area contributed by atoms with Gasteiger partial charge in [0.15, 0.2) is 0 Å². The molecule has 0 aliphatic heterocycles. The normalized spacial score (nSPS) is 16.3. The molecule has 0 spiro atoms. The first-order chi connectivity index (χ1) is 32.0. The Hall–Kier alpha value is -6.42. The smallest absolute Gasteiger partial charge is 0.0660 e. The van der Waals surface area contributed by atoms with Crippen molar-refractivity contribution in [3.05, 3.63) is 182 Å². The van der Waals surface area contributed by atoms with Gasteiger partial charge in [0, 0.05) is 53.1 Å².